The van der Waals surface area contributed by atoms with Crippen molar-refractivity contribution in [1.29, 1.82) is 0 Å². The number of hydrogen-bond acceptors (Lipinski definition) is 9. The van der Waals surface area contributed by atoms with Crippen molar-refractivity contribution < 1.29 is 47.8 Å². The van der Waals surface area contributed by atoms with Gasteiger partial charge in [-0.15, -0.1) is 0 Å². The van der Waals surface area contributed by atoms with Crippen LogP contribution in [0, 0.1) is 0 Å². The molecular formula is C47H87O10P. The van der Waals surface area contributed by atoms with Crippen LogP contribution < -0.4 is 0 Å². The zero-order valence-electron chi connectivity index (χ0n) is 37.0. The molecule has 0 radical (unpaired) electrons. The summed E-state index contributed by atoms with van der Waals surface area (Å²) in [5, 5.41) is 19.2. The highest BCUT2D eigenvalue weighted by Crippen LogP contribution is 2.43. The van der Waals surface area contributed by atoms with Gasteiger partial charge >= 0.3 is 19.8 Å². The Morgan fingerprint density at radius 3 is 1.12 bits per heavy atom. The van der Waals surface area contributed by atoms with Gasteiger partial charge in [0.15, 0.2) is 0 Å². The minimum Gasteiger partial charge on any atom is -0.457 e. The summed E-state index contributed by atoms with van der Waals surface area (Å²) in [4.78, 5) is 34.6. The Bertz CT molecular complexity index is 1060. The molecule has 0 bridgehead atoms. The summed E-state index contributed by atoms with van der Waals surface area (Å²) in [6.07, 6.45) is 45.4. The van der Waals surface area contributed by atoms with Crippen LogP contribution in [0.2, 0.25) is 0 Å². The third-order valence-corrected chi connectivity index (χ3v) is 11.1. The number of aliphatic hydroxyl groups excluding tert-OH is 2. The highest BCUT2D eigenvalue weighted by Gasteiger charge is 2.27. The maximum Gasteiger partial charge on any atom is 0.472 e. The van der Waals surface area contributed by atoms with Crippen molar-refractivity contribution in [2.24, 2.45) is 0 Å². The molecular weight excluding hydrogens is 755 g/mol. The van der Waals surface area contributed by atoms with Gasteiger partial charge in [-0.25, -0.2) is 4.57 Å². The number of allylic oxidation sites excluding steroid dienone is 6. The van der Waals surface area contributed by atoms with Crippen molar-refractivity contribution >= 4 is 19.8 Å². The van der Waals surface area contributed by atoms with Crippen LogP contribution in [0.4, 0.5) is 0 Å². The maximum atomic E-state index is 12.4. The first-order valence-electron chi connectivity index (χ1n) is 23.4. The SMILES string of the molecule is CCCCC/C=C\C/C=C\C/C=C\CCCCCCCCC(=O)OC(CO)COP(=O)(O)OCC(CO)OC(=O)CCCCCCCCCCCCCCCCCC. The third kappa shape index (κ3) is 40.9. The molecule has 0 aliphatic heterocycles. The topological polar surface area (TPSA) is 149 Å². The molecule has 3 N–H and O–H groups in total. The number of esters is 2. The van der Waals surface area contributed by atoms with Crippen LogP contribution in [0.3, 0.4) is 0 Å². The number of unbranched alkanes of at least 4 members (excludes halogenated alkanes) is 24. The van der Waals surface area contributed by atoms with Crippen LogP contribution in [-0.4, -0.2) is 65.7 Å². The maximum absolute atomic E-state index is 12.4. The molecule has 0 saturated carbocycles. The first-order valence-corrected chi connectivity index (χ1v) is 24.9. The lowest BCUT2D eigenvalue weighted by Crippen LogP contribution is -2.28. The fourth-order valence-corrected chi connectivity index (χ4v) is 7.26. The molecule has 0 aromatic rings. The lowest BCUT2D eigenvalue weighted by molar-refractivity contribution is -0.153. The second-order valence-electron chi connectivity index (χ2n) is 15.7. The van der Waals surface area contributed by atoms with E-state index in [9.17, 15) is 29.3 Å². The number of carbonyl (C=O) groups is 2. The van der Waals surface area contributed by atoms with E-state index in [2.05, 4.69) is 50.3 Å². The summed E-state index contributed by atoms with van der Waals surface area (Å²) in [7, 11) is -4.64. The van der Waals surface area contributed by atoms with E-state index < -0.39 is 58.4 Å². The molecule has 0 saturated heterocycles. The molecule has 0 aliphatic rings. The van der Waals surface area contributed by atoms with Gasteiger partial charge in [0, 0.05) is 12.8 Å². The summed E-state index contributed by atoms with van der Waals surface area (Å²) >= 11 is 0. The van der Waals surface area contributed by atoms with E-state index >= 15 is 0 Å². The molecule has 0 aliphatic carbocycles. The van der Waals surface area contributed by atoms with Gasteiger partial charge < -0.3 is 24.6 Å². The minimum absolute atomic E-state index is 0.178. The number of ether oxygens (including phenoxy) is 2. The van der Waals surface area contributed by atoms with Crippen LogP contribution in [0.15, 0.2) is 36.5 Å². The Kier molecular flexibility index (Phi) is 41.9. The number of rotatable bonds is 44. The van der Waals surface area contributed by atoms with Crippen LogP contribution in [0.1, 0.15) is 213 Å². The number of aliphatic hydroxyl groups is 2. The van der Waals surface area contributed by atoms with Crippen molar-refractivity contribution in [2.75, 3.05) is 26.4 Å². The Labute approximate surface area is 354 Å². The molecule has 0 spiro atoms. The minimum atomic E-state index is -4.64. The second kappa shape index (κ2) is 43.3. The quantitative estimate of drug-likeness (QED) is 0.0234. The molecule has 3 unspecified atom stereocenters. The smallest absolute Gasteiger partial charge is 0.457 e. The zero-order valence-corrected chi connectivity index (χ0v) is 37.9. The van der Waals surface area contributed by atoms with E-state index in [1.165, 1.54) is 103 Å². The van der Waals surface area contributed by atoms with Gasteiger partial charge in [-0.2, -0.15) is 0 Å². The summed E-state index contributed by atoms with van der Waals surface area (Å²) < 4.78 is 32.6. The lowest BCUT2D eigenvalue weighted by atomic mass is 10.0. The van der Waals surface area contributed by atoms with Crippen LogP contribution in [-0.2, 0) is 32.7 Å². The highest BCUT2D eigenvalue weighted by molar-refractivity contribution is 7.47. The first kappa shape index (κ1) is 56.2. The van der Waals surface area contributed by atoms with Gasteiger partial charge in [-0.05, 0) is 51.4 Å². The van der Waals surface area contributed by atoms with Crippen molar-refractivity contribution in [3.63, 3.8) is 0 Å². The summed E-state index contributed by atoms with van der Waals surface area (Å²) in [6, 6.07) is 0. The van der Waals surface area contributed by atoms with Gasteiger partial charge in [-0.1, -0.05) is 185 Å². The number of hydrogen-bond donors (Lipinski definition) is 3. The summed E-state index contributed by atoms with van der Waals surface area (Å²) in [6.45, 7) is 2.19. The van der Waals surface area contributed by atoms with Crippen LogP contribution in [0.5, 0.6) is 0 Å². The van der Waals surface area contributed by atoms with Crippen molar-refractivity contribution in [3.05, 3.63) is 36.5 Å². The largest absolute Gasteiger partial charge is 0.472 e. The van der Waals surface area contributed by atoms with Gasteiger partial charge in [0.2, 0.25) is 0 Å². The fraction of sp³-hybridized carbons (Fsp3) is 0.830. The molecule has 0 amide bonds. The van der Waals surface area contributed by atoms with E-state index in [1.54, 1.807) is 0 Å². The number of phosphoric acid groups is 1. The molecule has 10 nitrogen and oxygen atoms in total. The van der Waals surface area contributed by atoms with Gasteiger partial charge in [0.1, 0.15) is 12.2 Å². The van der Waals surface area contributed by atoms with Gasteiger partial charge in [0.05, 0.1) is 26.4 Å². The van der Waals surface area contributed by atoms with E-state index in [1.807, 2.05) is 0 Å². The molecule has 0 aromatic carbocycles. The monoisotopic (exact) mass is 843 g/mol. The number of carbonyl (C=O) groups excluding carboxylic acids is 2. The van der Waals surface area contributed by atoms with Crippen molar-refractivity contribution in [1.82, 2.24) is 0 Å². The molecule has 0 fully saturated rings. The highest BCUT2D eigenvalue weighted by atomic mass is 31.2. The van der Waals surface area contributed by atoms with E-state index in [-0.39, 0.29) is 12.8 Å². The molecule has 340 valence electrons. The van der Waals surface area contributed by atoms with E-state index in [0.717, 1.165) is 70.6 Å². The van der Waals surface area contributed by atoms with Gasteiger partial charge in [0.25, 0.3) is 0 Å². The standard InChI is InChI=1S/C47H87O10P/c1-3-5-7-9-11-13-15-17-19-21-22-23-25-27-29-31-33-35-37-39-47(51)57-45(41-49)43-55-58(52,53)54-42-44(40-48)56-46(50)38-36-34-32-30-28-26-24-20-18-16-14-12-10-8-6-4-2/h11,13,17,19,22-23,44-45,48-49H,3-10,12,14-16,18,20-21,24-43H2,1-2H3,(H,52,53)/b13-11-,19-17-,23-22-. The van der Waals surface area contributed by atoms with Crippen molar-refractivity contribution in [3.8, 4) is 0 Å². The number of phosphoric ester groups is 1. The lowest BCUT2D eigenvalue weighted by Gasteiger charge is -2.20. The Morgan fingerprint density at radius 1 is 0.466 bits per heavy atom. The average Bonchev–Trinajstić information content (AvgIpc) is 3.21. The summed E-state index contributed by atoms with van der Waals surface area (Å²) in [5.41, 5.74) is 0. The molecule has 0 heterocycles. The normalized spacial score (nSPS) is 14.1. The average molecular weight is 843 g/mol. The van der Waals surface area contributed by atoms with E-state index in [4.69, 9.17) is 18.5 Å². The summed E-state index contributed by atoms with van der Waals surface area (Å²) in [5.74, 6) is -1.02. The van der Waals surface area contributed by atoms with Crippen molar-refractivity contribution in [2.45, 2.75) is 225 Å². The Balaban J connectivity index is 3.90. The third-order valence-electron chi connectivity index (χ3n) is 10.1. The van der Waals surface area contributed by atoms with Crippen LogP contribution in [0.25, 0.3) is 0 Å². The Morgan fingerprint density at radius 2 is 0.759 bits per heavy atom. The van der Waals surface area contributed by atoms with E-state index in [0.29, 0.717) is 12.8 Å². The predicted octanol–water partition coefficient (Wildman–Crippen LogP) is 12.7. The second-order valence-corrected chi connectivity index (χ2v) is 17.2. The molecule has 0 rings (SSSR count). The molecule has 0 aromatic heterocycles. The molecule has 11 heteroatoms. The fourth-order valence-electron chi connectivity index (χ4n) is 6.48. The molecule has 58 heavy (non-hydrogen) atoms. The van der Waals surface area contributed by atoms with Gasteiger partial charge in [-0.3, -0.25) is 18.6 Å². The predicted molar refractivity (Wildman–Crippen MR) is 238 cm³/mol. The zero-order chi connectivity index (χ0) is 42.6. The Hall–Kier alpha value is -1.81. The first-order chi connectivity index (χ1) is 28.3. The van der Waals surface area contributed by atoms with Crippen LogP contribution >= 0.6 is 7.82 Å². The molecule has 3 atom stereocenters.